The molecule has 0 saturated heterocycles. The second-order valence-electron chi connectivity index (χ2n) is 4.97. The Morgan fingerprint density at radius 1 is 1.25 bits per heavy atom. The van der Waals surface area contributed by atoms with E-state index in [1.807, 2.05) is 43.3 Å². The Hall–Kier alpha value is -2.29. The lowest BCUT2D eigenvalue weighted by atomic mass is 10.0. The first-order chi connectivity index (χ1) is 9.69. The van der Waals surface area contributed by atoms with Gasteiger partial charge in [-0.3, -0.25) is 4.79 Å². The van der Waals surface area contributed by atoms with E-state index in [0.29, 0.717) is 12.0 Å². The van der Waals surface area contributed by atoms with Gasteiger partial charge in [-0.1, -0.05) is 18.2 Å². The van der Waals surface area contributed by atoms with E-state index >= 15 is 0 Å². The molecule has 0 saturated carbocycles. The molecule has 0 bridgehead atoms. The van der Waals surface area contributed by atoms with Gasteiger partial charge in [0.05, 0.1) is 7.11 Å². The molecule has 0 aliphatic carbocycles. The molecule has 1 unspecified atom stereocenters. The molecule has 1 heterocycles. The van der Waals surface area contributed by atoms with Gasteiger partial charge in [0.25, 0.3) is 0 Å². The van der Waals surface area contributed by atoms with Gasteiger partial charge in [0.2, 0.25) is 5.78 Å². The van der Waals surface area contributed by atoms with Crippen molar-refractivity contribution in [2.45, 2.75) is 19.4 Å². The number of carbonyl (C=O) groups excluding carboxylic acids is 1. The first kappa shape index (κ1) is 12.7. The first-order valence-corrected chi connectivity index (χ1v) is 6.62. The van der Waals surface area contributed by atoms with E-state index in [9.17, 15) is 4.79 Å². The lowest BCUT2D eigenvalue weighted by Gasteiger charge is -2.11. The zero-order chi connectivity index (χ0) is 14.1. The van der Waals surface area contributed by atoms with Crippen LogP contribution >= 0.6 is 0 Å². The van der Waals surface area contributed by atoms with Gasteiger partial charge in [-0.25, -0.2) is 0 Å². The fraction of sp³-hybridized carbons (Fsp3) is 0.235. The second kappa shape index (κ2) is 5.00. The molecule has 3 rings (SSSR count). The zero-order valence-corrected chi connectivity index (χ0v) is 11.6. The fourth-order valence-electron chi connectivity index (χ4n) is 2.55. The van der Waals surface area contributed by atoms with Crippen LogP contribution in [0.1, 0.15) is 21.5 Å². The molecule has 0 radical (unpaired) electrons. The number of fused-ring (bicyclic) bond motifs is 1. The topological polar surface area (TPSA) is 35.5 Å². The van der Waals surface area contributed by atoms with Gasteiger partial charge in [0.15, 0.2) is 6.10 Å². The Morgan fingerprint density at radius 3 is 2.75 bits per heavy atom. The smallest absolute Gasteiger partial charge is 0.203 e. The van der Waals surface area contributed by atoms with Crippen LogP contribution in [-0.4, -0.2) is 19.0 Å². The molecule has 3 nitrogen and oxygen atoms in total. The molecule has 0 amide bonds. The number of ketones is 1. The minimum atomic E-state index is -0.416. The van der Waals surface area contributed by atoms with E-state index in [0.717, 1.165) is 22.6 Å². The Labute approximate surface area is 118 Å². The molecule has 1 aliphatic rings. The average molecular weight is 268 g/mol. The molecule has 102 valence electrons. The number of carbonyl (C=O) groups is 1. The Morgan fingerprint density at radius 2 is 2.05 bits per heavy atom. The minimum absolute atomic E-state index is 0.0203. The third-order valence-electron chi connectivity index (χ3n) is 3.62. The van der Waals surface area contributed by atoms with Crippen molar-refractivity contribution in [3.63, 3.8) is 0 Å². The largest absolute Gasteiger partial charge is 0.496 e. The minimum Gasteiger partial charge on any atom is -0.496 e. The number of rotatable bonds is 3. The third kappa shape index (κ3) is 2.16. The van der Waals surface area contributed by atoms with Crippen molar-refractivity contribution in [1.29, 1.82) is 0 Å². The van der Waals surface area contributed by atoms with Crippen molar-refractivity contribution in [2.24, 2.45) is 0 Å². The number of ether oxygens (including phenoxy) is 2. The summed E-state index contributed by atoms with van der Waals surface area (Å²) in [6.07, 6.45) is 0.222. The van der Waals surface area contributed by atoms with Crippen molar-refractivity contribution >= 4 is 5.78 Å². The molecule has 0 aromatic heterocycles. The van der Waals surface area contributed by atoms with E-state index in [2.05, 4.69) is 0 Å². The quantitative estimate of drug-likeness (QED) is 0.802. The van der Waals surface area contributed by atoms with Crippen LogP contribution in [0.25, 0.3) is 0 Å². The van der Waals surface area contributed by atoms with Crippen molar-refractivity contribution in [3.8, 4) is 11.5 Å². The van der Waals surface area contributed by atoms with Gasteiger partial charge >= 0.3 is 0 Å². The molecule has 1 aliphatic heterocycles. The van der Waals surface area contributed by atoms with Crippen LogP contribution in [-0.2, 0) is 6.42 Å². The first-order valence-electron chi connectivity index (χ1n) is 6.62. The number of aryl methyl sites for hydroxylation is 1. The predicted octanol–water partition coefficient (Wildman–Crippen LogP) is 3.19. The molecule has 0 N–H and O–H groups in total. The van der Waals surface area contributed by atoms with Crippen molar-refractivity contribution in [2.75, 3.05) is 7.11 Å². The van der Waals surface area contributed by atoms with E-state index in [1.165, 1.54) is 0 Å². The Balaban J connectivity index is 1.83. The second-order valence-corrected chi connectivity index (χ2v) is 4.97. The lowest BCUT2D eigenvalue weighted by Crippen LogP contribution is -2.25. The predicted molar refractivity (Wildman–Crippen MR) is 76.6 cm³/mol. The average Bonchev–Trinajstić information content (AvgIpc) is 2.90. The summed E-state index contributed by atoms with van der Waals surface area (Å²) in [5, 5.41) is 0. The summed E-state index contributed by atoms with van der Waals surface area (Å²) >= 11 is 0. The number of benzene rings is 2. The number of hydrogen-bond donors (Lipinski definition) is 0. The Bertz CT molecular complexity index is 636. The highest BCUT2D eigenvalue weighted by Gasteiger charge is 2.29. The zero-order valence-electron chi connectivity index (χ0n) is 11.6. The summed E-state index contributed by atoms with van der Waals surface area (Å²) in [5.41, 5.74) is 2.71. The van der Waals surface area contributed by atoms with E-state index in [-0.39, 0.29) is 5.78 Å². The van der Waals surface area contributed by atoms with Crippen LogP contribution in [0.15, 0.2) is 42.5 Å². The van der Waals surface area contributed by atoms with Crippen molar-refractivity contribution in [3.05, 3.63) is 59.2 Å². The van der Waals surface area contributed by atoms with Gasteiger partial charge in [0.1, 0.15) is 11.5 Å². The molecule has 0 fully saturated rings. The van der Waals surface area contributed by atoms with E-state index in [4.69, 9.17) is 9.47 Å². The van der Waals surface area contributed by atoms with Crippen LogP contribution in [0.4, 0.5) is 0 Å². The molecule has 20 heavy (non-hydrogen) atoms. The van der Waals surface area contributed by atoms with Crippen molar-refractivity contribution in [1.82, 2.24) is 0 Å². The van der Waals surface area contributed by atoms with Gasteiger partial charge < -0.3 is 9.47 Å². The van der Waals surface area contributed by atoms with Crippen LogP contribution in [0.3, 0.4) is 0 Å². The van der Waals surface area contributed by atoms with E-state index in [1.54, 1.807) is 13.2 Å². The SMILES string of the molecule is COc1ccc(C(=O)C2Cc3ccccc3O2)cc1C. The molecule has 0 spiro atoms. The highest BCUT2D eigenvalue weighted by molar-refractivity contribution is 6.00. The number of hydrogen-bond acceptors (Lipinski definition) is 3. The maximum Gasteiger partial charge on any atom is 0.203 e. The highest BCUT2D eigenvalue weighted by Crippen LogP contribution is 2.30. The van der Waals surface area contributed by atoms with Gasteiger partial charge in [-0.15, -0.1) is 0 Å². The van der Waals surface area contributed by atoms with Crippen LogP contribution in [0.5, 0.6) is 11.5 Å². The highest BCUT2D eigenvalue weighted by atomic mass is 16.5. The normalized spacial score (nSPS) is 16.4. The molecular formula is C17H16O3. The summed E-state index contributed by atoms with van der Waals surface area (Å²) < 4.78 is 11.0. The summed E-state index contributed by atoms with van der Waals surface area (Å²) in [6.45, 7) is 1.93. The Kier molecular flexibility index (Phi) is 3.18. The van der Waals surface area contributed by atoms with Gasteiger partial charge in [-0.05, 0) is 42.3 Å². The standard InChI is InChI=1S/C17H16O3/c1-11-9-13(7-8-14(11)19-2)17(18)16-10-12-5-3-4-6-15(12)20-16/h3-9,16H,10H2,1-2H3. The van der Waals surface area contributed by atoms with Gasteiger partial charge in [-0.2, -0.15) is 0 Å². The maximum atomic E-state index is 12.5. The molecule has 2 aromatic carbocycles. The molecular weight excluding hydrogens is 252 g/mol. The summed E-state index contributed by atoms with van der Waals surface area (Å²) in [6, 6.07) is 13.3. The number of Topliss-reactive ketones (excluding diaryl/α,β-unsaturated/α-hetero) is 1. The van der Waals surface area contributed by atoms with Crippen LogP contribution in [0.2, 0.25) is 0 Å². The number of para-hydroxylation sites is 1. The fourth-order valence-corrected chi connectivity index (χ4v) is 2.55. The lowest BCUT2D eigenvalue weighted by molar-refractivity contribution is 0.0824. The summed E-state index contributed by atoms with van der Waals surface area (Å²) in [4.78, 5) is 12.5. The van der Waals surface area contributed by atoms with Gasteiger partial charge in [0, 0.05) is 12.0 Å². The van der Waals surface area contributed by atoms with Crippen molar-refractivity contribution < 1.29 is 14.3 Å². The maximum absolute atomic E-state index is 12.5. The monoisotopic (exact) mass is 268 g/mol. The van der Waals surface area contributed by atoms with E-state index < -0.39 is 6.10 Å². The number of methoxy groups -OCH3 is 1. The molecule has 2 aromatic rings. The third-order valence-corrected chi connectivity index (χ3v) is 3.62. The van der Waals surface area contributed by atoms with Crippen LogP contribution in [0, 0.1) is 6.92 Å². The molecule has 1 atom stereocenters. The summed E-state index contributed by atoms with van der Waals surface area (Å²) in [7, 11) is 1.63. The van der Waals surface area contributed by atoms with Crippen LogP contribution < -0.4 is 9.47 Å². The molecule has 3 heteroatoms. The summed E-state index contributed by atoms with van der Waals surface area (Å²) in [5.74, 6) is 1.63.